The summed E-state index contributed by atoms with van der Waals surface area (Å²) in [5.74, 6) is 1.27. The van der Waals surface area contributed by atoms with E-state index in [0.29, 0.717) is 18.9 Å². The SMILES string of the molecule is COc1ccc(-c2nnnn2[C@@H]2CC(=O)[C@H]3OC[C@@H]2O3)cc1. The van der Waals surface area contributed by atoms with Gasteiger partial charge in [-0.25, -0.2) is 4.68 Å². The molecule has 0 saturated carbocycles. The molecular formula is C14H14N4O4. The Kier molecular flexibility index (Phi) is 3.12. The molecule has 0 spiro atoms. The lowest BCUT2D eigenvalue weighted by molar-refractivity contribution is -0.156. The normalized spacial score (nSPS) is 27.1. The molecule has 0 amide bonds. The van der Waals surface area contributed by atoms with Gasteiger partial charge in [0.15, 0.2) is 11.6 Å². The van der Waals surface area contributed by atoms with Gasteiger partial charge in [0, 0.05) is 12.0 Å². The molecule has 2 aliphatic rings. The number of fused-ring (bicyclic) bond motifs is 2. The molecule has 3 atom stereocenters. The minimum atomic E-state index is -0.720. The first kappa shape index (κ1) is 13.4. The number of carbonyl (C=O) groups excluding carboxylic acids is 1. The number of tetrazole rings is 1. The summed E-state index contributed by atoms with van der Waals surface area (Å²) in [7, 11) is 1.61. The third-order valence-electron chi connectivity index (χ3n) is 3.97. The first-order chi connectivity index (χ1) is 10.8. The van der Waals surface area contributed by atoms with Gasteiger partial charge in [0.05, 0.1) is 19.8 Å². The highest BCUT2D eigenvalue weighted by molar-refractivity contribution is 5.83. The van der Waals surface area contributed by atoms with Crippen molar-refractivity contribution in [2.75, 3.05) is 13.7 Å². The lowest BCUT2D eigenvalue weighted by Crippen LogP contribution is -2.37. The van der Waals surface area contributed by atoms with Crippen LogP contribution in [-0.4, -0.2) is 52.1 Å². The Morgan fingerprint density at radius 2 is 2.14 bits per heavy atom. The topological polar surface area (TPSA) is 88.4 Å². The number of ether oxygens (including phenoxy) is 3. The van der Waals surface area contributed by atoms with Crippen molar-refractivity contribution in [3.05, 3.63) is 24.3 Å². The van der Waals surface area contributed by atoms with Gasteiger partial charge >= 0.3 is 0 Å². The van der Waals surface area contributed by atoms with Crippen LogP contribution in [0.25, 0.3) is 11.4 Å². The van der Waals surface area contributed by atoms with Crippen LogP contribution in [0.1, 0.15) is 12.5 Å². The number of aromatic nitrogens is 4. The summed E-state index contributed by atoms with van der Waals surface area (Å²) in [6, 6.07) is 7.18. The first-order valence-electron chi connectivity index (χ1n) is 6.98. The quantitative estimate of drug-likeness (QED) is 0.820. The van der Waals surface area contributed by atoms with E-state index < -0.39 is 6.29 Å². The summed E-state index contributed by atoms with van der Waals surface area (Å²) < 4.78 is 17.7. The van der Waals surface area contributed by atoms with E-state index in [2.05, 4.69) is 15.5 Å². The van der Waals surface area contributed by atoms with Gasteiger partial charge in [-0.1, -0.05) is 0 Å². The lowest BCUT2D eigenvalue weighted by Gasteiger charge is -2.26. The Hall–Kier alpha value is -2.32. The van der Waals surface area contributed by atoms with Crippen LogP contribution in [0.5, 0.6) is 5.75 Å². The van der Waals surface area contributed by atoms with Crippen molar-refractivity contribution in [3.63, 3.8) is 0 Å². The van der Waals surface area contributed by atoms with Gasteiger partial charge in [-0.05, 0) is 34.7 Å². The zero-order chi connectivity index (χ0) is 15.1. The molecule has 1 aromatic heterocycles. The number of Topliss-reactive ketones (excluding diaryl/α,β-unsaturated/α-hetero) is 1. The molecule has 3 heterocycles. The Morgan fingerprint density at radius 1 is 1.32 bits per heavy atom. The highest BCUT2D eigenvalue weighted by Crippen LogP contribution is 2.34. The molecule has 0 unspecified atom stereocenters. The number of methoxy groups -OCH3 is 1. The maximum atomic E-state index is 11.9. The second kappa shape index (κ2) is 5.15. The third-order valence-corrected chi connectivity index (χ3v) is 3.97. The number of benzene rings is 1. The zero-order valence-corrected chi connectivity index (χ0v) is 11.9. The molecule has 2 fully saturated rings. The van der Waals surface area contributed by atoms with E-state index in [1.165, 1.54) is 0 Å². The van der Waals surface area contributed by atoms with E-state index in [-0.39, 0.29) is 17.9 Å². The smallest absolute Gasteiger partial charge is 0.218 e. The molecule has 0 radical (unpaired) electrons. The van der Waals surface area contributed by atoms with Crippen molar-refractivity contribution in [1.82, 2.24) is 20.2 Å². The van der Waals surface area contributed by atoms with Gasteiger partial charge in [0.2, 0.25) is 6.29 Å². The summed E-state index contributed by atoms with van der Waals surface area (Å²) >= 11 is 0. The number of ketones is 1. The Bertz CT molecular complexity index is 699. The van der Waals surface area contributed by atoms with E-state index in [1.807, 2.05) is 24.3 Å². The fourth-order valence-corrected chi connectivity index (χ4v) is 2.82. The molecular weight excluding hydrogens is 288 g/mol. The number of hydrogen-bond acceptors (Lipinski definition) is 7. The molecule has 1 aromatic carbocycles. The largest absolute Gasteiger partial charge is 0.497 e. The Labute approximate surface area is 126 Å². The summed E-state index contributed by atoms with van der Waals surface area (Å²) in [6.07, 6.45) is -0.617. The van der Waals surface area contributed by atoms with Crippen LogP contribution in [0, 0.1) is 0 Å². The van der Waals surface area contributed by atoms with Crippen LogP contribution >= 0.6 is 0 Å². The fraction of sp³-hybridized carbons (Fsp3) is 0.429. The van der Waals surface area contributed by atoms with Crippen molar-refractivity contribution < 1.29 is 19.0 Å². The number of rotatable bonds is 3. The summed E-state index contributed by atoms with van der Waals surface area (Å²) in [4.78, 5) is 11.9. The molecule has 8 heteroatoms. The fourth-order valence-electron chi connectivity index (χ4n) is 2.82. The Morgan fingerprint density at radius 3 is 2.91 bits per heavy atom. The second-order valence-corrected chi connectivity index (χ2v) is 5.25. The van der Waals surface area contributed by atoms with Gasteiger partial charge in [-0.3, -0.25) is 4.79 Å². The lowest BCUT2D eigenvalue weighted by atomic mass is 10.0. The summed E-state index contributed by atoms with van der Waals surface area (Å²) in [5, 5.41) is 11.9. The van der Waals surface area contributed by atoms with Crippen molar-refractivity contribution in [3.8, 4) is 17.1 Å². The summed E-state index contributed by atoms with van der Waals surface area (Å²) in [6.45, 7) is 0.378. The highest BCUT2D eigenvalue weighted by Gasteiger charge is 2.45. The van der Waals surface area contributed by atoms with Gasteiger partial charge < -0.3 is 14.2 Å². The zero-order valence-electron chi connectivity index (χ0n) is 11.9. The van der Waals surface area contributed by atoms with Gasteiger partial charge in [0.1, 0.15) is 11.9 Å². The maximum absolute atomic E-state index is 11.9. The first-order valence-corrected chi connectivity index (χ1v) is 6.98. The van der Waals surface area contributed by atoms with Crippen molar-refractivity contribution in [2.24, 2.45) is 0 Å². The van der Waals surface area contributed by atoms with E-state index in [4.69, 9.17) is 14.2 Å². The van der Waals surface area contributed by atoms with Gasteiger partial charge in [0.25, 0.3) is 0 Å². The van der Waals surface area contributed by atoms with Gasteiger partial charge in [-0.2, -0.15) is 0 Å². The predicted octanol–water partition coefficient (Wildman–Crippen LogP) is 0.604. The molecule has 0 N–H and O–H groups in total. The average molecular weight is 302 g/mol. The number of hydrogen-bond donors (Lipinski definition) is 0. The van der Waals surface area contributed by atoms with Crippen LogP contribution in [0.4, 0.5) is 0 Å². The molecule has 114 valence electrons. The third kappa shape index (κ3) is 2.08. The molecule has 2 aromatic rings. The Balaban J connectivity index is 1.68. The maximum Gasteiger partial charge on any atom is 0.218 e. The van der Waals surface area contributed by atoms with Crippen LogP contribution in [0.2, 0.25) is 0 Å². The average Bonchev–Trinajstić information content (AvgIpc) is 3.20. The van der Waals surface area contributed by atoms with E-state index >= 15 is 0 Å². The number of carbonyl (C=O) groups is 1. The van der Waals surface area contributed by atoms with E-state index in [0.717, 1.165) is 11.3 Å². The van der Waals surface area contributed by atoms with Crippen LogP contribution in [-0.2, 0) is 14.3 Å². The monoisotopic (exact) mass is 302 g/mol. The number of nitrogens with zero attached hydrogens (tertiary/aromatic N) is 4. The molecule has 8 nitrogen and oxygen atoms in total. The predicted molar refractivity (Wildman–Crippen MR) is 73.1 cm³/mol. The van der Waals surface area contributed by atoms with Crippen molar-refractivity contribution in [1.29, 1.82) is 0 Å². The van der Waals surface area contributed by atoms with Crippen LogP contribution < -0.4 is 4.74 Å². The minimum absolute atomic E-state index is 0.0741. The molecule has 2 aliphatic heterocycles. The van der Waals surface area contributed by atoms with E-state index in [9.17, 15) is 4.79 Å². The minimum Gasteiger partial charge on any atom is -0.497 e. The second-order valence-electron chi connectivity index (χ2n) is 5.25. The van der Waals surface area contributed by atoms with Gasteiger partial charge in [-0.15, -0.1) is 5.10 Å². The van der Waals surface area contributed by atoms with Crippen LogP contribution in [0.15, 0.2) is 24.3 Å². The molecule has 4 rings (SSSR count). The highest BCUT2D eigenvalue weighted by atomic mass is 16.7. The summed E-state index contributed by atoms with van der Waals surface area (Å²) in [5.41, 5.74) is 0.847. The van der Waals surface area contributed by atoms with Crippen LogP contribution in [0.3, 0.4) is 0 Å². The molecule has 2 saturated heterocycles. The van der Waals surface area contributed by atoms with E-state index in [1.54, 1.807) is 11.8 Å². The standard InChI is InChI=1S/C14H14N4O4/c1-20-9-4-2-8(3-5-9)13-15-16-17-18(13)10-6-11(19)14-21-7-12(10)22-14/h2-5,10,12,14H,6-7H2,1H3/t10-,12+,14+/m1/s1. The molecule has 0 aliphatic carbocycles. The molecule has 2 bridgehead atoms. The molecule has 22 heavy (non-hydrogen) atoms. The van der Waals surface area contributed by atoms with Crippen molar-refractivity contribution >= 4 is 5.78 Å². The van der Waals surface area contributed by atoms with Crippen molar-refractivity contribution in [2.45, 2.75) is 24.9 Å².